The molecule has 33 heavy (non-hydrogen) atoms. The largest absolute Gasteiger partial charge is 0.486 e. The zero-order chi connectivity index (χ0) is 23.4. The van der Waals surface area contributed by atoms with Gasteiger partial charge in [-0.15, -0.1) is 0 Å². The number of amides is 1. The first-order chi connectivity index (χ1) is 15.8. The molecule has 0 atom stereocenters. The maximum atomic E-state index is 12.8. The van der Waals surface area contributed by atoms with Gasteiger partial charge in [0.25, 0.3) is 15.9 Å². The topological polar surface area (TPSA) is 93.7 Å². The fourth-order valence-electron chi connectivity index (χ4n) is 3.51. The Morgan fingerprint density at radius 1 is 0.909 bits per heavy atom. The molecule has 1 amide bonds. The zero-order valence-corrected chi connectivity index (χ0v) is 19.4. The number of nitrogens with one attached hydrogen (secondary N) is 2. The van der Waals surface area contributed by atoms with Crippen LogP contribution < -0.4 is 19.5 Å². The van der Waals surface area contributed by atoms with E-state index >= 15 is 0 Å². The fraction of sp³-hybridized carbons (Fsp3) is 0.240. The van der Waals surface area contributed by atoms with Crippen LogP contribution in [-0.2, 0) is 16.4 Å². The third-order valence-electron chi connectivity index (χ3n) is 5.37. The normalized spacial score (nSPS) is 12.8. The van der Waals surface area contributed by atoms with Crippen LogP contribution in [0.1, 0.15) is 27.0 Å². The molecule has 2 N–H and O–H groups in total. The second-order valence-electron chi connectivity index (χ2n) is 7.93. The Kier molecular flexibility index (Phi) is 6.55. The summed E-state index contributed by atoms with van der Waals surface area (Å²) in [7, 11) is -3.83. The standard InChI is InChI=1S/C25H26N2O5S/c1-17-3-7-20(8-4-17)27-33(29,30)21-9-5-18(2)22(16-21)25(28)26-12-11-19-6-10-23-24(15-19)32-14-13-31-23/h3-10,15-16,27H,11-14H2,1-2H3,(H,26,28). The molecule has 0 spiro atoms. The Balaban J connectivity index is 1.42. The van der Waals surface area contributed by atoms with E-state index in [1.807, 2.05) is 37.3 Å². The van der Waals surface area contributed by atoms with Crippen molar-refractivity contribution in [3.63, 3.8) is 0 Å². The summed E-state index contributed by atoms with van der Waals surface area (Å²) in [5.41, 5.74) is 3.52. The monoisotopic (exact) mass is 466 g/mol. The van der Waals surface area contributed by atoms with Gasteiger partial charge in [0.05, 0.1) is 4.90 Å². The van der Waals surface area contributed by atoms with E-state index in [-0.39, 0.29) is 10.8 Å². The first-order valence-electron chi connectivity index (χ1n) is 10.7. The van der Waals surface area contributed by atoms with Crippen molar-refractivity contribution in [3.8, 4) is 11.5 Å². The minimum atomic E-state index is -3.83. The second kappa shape index (κ2) is 9.54. The number of benzene rings is 3. The average molecular weight is 467 g/mol. The summed E-state index contributed by atoms with van der Waals surface area (Å²) in [5, 5.41) is 2.88. The maximum Gasteiger partial charge on any atom is 0.261 e. The molecule has 4 rings (SSSR count). The highest BCUT2D eigenvalue weighted by Gasteiger charge is 2.18. The van der Waals surface area contributed by atoms with Gasteiger partial charge in [0.15, 0.2) is 11.5 Å². The molecule has 0 radical (unpaired) electrons. The van der Waals surface area contributed by atoms with Crippen LogP contribution in [0.4, 0.5) is 5.69 Å². The first-order valence-corrected chi connectivity index (χ1v) is 12.2. The lowest BCUT2D eigenvalue weighted by Crippen LogP contribution is -2.27. The summed E-state index contributed by atoms with van der Waals surface area (Å²) in [4.78, 5) is 12.8. The number of anilines is 1. The van der Waals surface area contributed by atoms with E-state index in [1.54, 1.807) is 25.1 Å². The van der Waals surface area contributed by atoms with E-state index in [2.05, 4.69) is 10.0 Å². The number of sulfonamides is 1. The van der Waals surface area contributed by atoms with Gasteiger partial charge in [0.2, 0.25) is 0 Å². The molecule has 0 fully saturated rings. The summed E-state index contributed by atoms with van der Waals surface area (Å²) >= 11 is 0. The predicted molar refractivity (Wildman–Crippen MR) is 127 cm³/mol. The van der Waals surface area contributed by atoms with E-state index in [0.717, 1.165) is 16.9 Å². The van der Waals surface area contributed by atoms with Crippen LogP contribution in [0.5, 0.6) is 11.5 Å². The van der Waals surface area contributed by atoms with Crippen molar-refractivity contribution in [1.29, 1.82) is 0 Å². The number of hydrogen-bond donors (Lipinski definition) is 2. The molecule has 1 heterocycles. The van der Waals surface area contributed by atoms with Crippen LogP contribution in [0, 0.1) is 13.8 Å². The van der Waals surface area contributed by atoms with Gasteiger partial charge in [-0.1, -0.05) is 29.8 Å². The molecule has 8 heteroatoms. The van der Waals surface area contributed by atoms with Gasteiger partial charge in [0, 0.05) is 17.8 Å². The maximum absolute atomic E-state index is 12.8. The summed E-state index contributed by atoms with van der Waals surface area (Å²) in [6.45, 7) is 5.16. The number of fused-ring (bicyclic) bond motifs is 1. The van der Waals surface area contributed by atoms with Gasteiger partial charge in [-0.05, 0) is 67.8 Å². The molecule has 0 unspecified atom stereocenters. The minimum absolute atomic E-state index is 0.0330. The number of aryl methyl sites for hydroxylation is 2. The molecule has 7 nitrogen and oxygen atoms in total. The van der Waals surface area contributed by atoms with Gasteiger partial charge in [0.1, 0.15) is 13.2 Å². The highest BCUT2D eigenvalue weighted by Crippen LogP contribution is 2.30. The van der Waals surface area contributed by atoms with E-state index in [1.165, 1.54) is 12.1 Å². The average Bonchev–Trinajstić information content (AvgIpc) is 2.80. The van der Waals surface area contributed by atoms with E-state index in [0.29, 0.717) is 48.7 Å². The molecule has 3 aromatic rings. The van der Waals surface area contributed by atoms with Crippen molar-refractivity contribution in [3.05, 3.63) is 82.9 Å². The summed E-state index contributed by atoms with van der Waals surface area (Å²) in [6.07, 6.45) is 0.606. The van der Waals surface area contributed by atoms with Crippen molar-refractivity contribution < 1.29 is 22.7 Å². The molecular weight excluding hydrogens is 440 g/mol. The van der Waals surface area contributed by atoms with Crippen LogP contribution in [-0.4, -0.2) is 34.1 Å². The third-order valence-corrected chi connectivity index (χ3v) is 6.75. The zero-order valence-electron chi connectivity index (χ0n) is 18.6. The summed E-state index contributed by atoms with van der Waals surface area (Å²) < 4.78 is 39.3. The second-order valence-corrected chi connectivity index (χ2v) is 9.61. The Labute approximate surface area is 193 Å². The molecule has 0 saturated heterocycles. The number of rotatable bonds is 7. The van der Waals surface area contributed by atoms with Gasteiger partial charge >= 0.3 is 0 Å². The van der Waals surface area contributed by atoms with Crippen molar-refractivity contribution in [2.24, 2.45) is 0 Å². The highest BCUT2D eigenvalue weighted by atomic mass is 32.2. The van der Waals surface area contributed by atoms with Gasteiger partial charge in [-0.2, -0.15) is 0 Å². The molecule has 1 aliphatic heterocycles. The van der Waals surface area contributed by atoms with E-state index in [9.17, 15) is 13.2 Å². The van der Waals surface area contributed by atoms with Crippen LogP contribution in [0.25, 0.3) is 0 Å². The molecule has 0 saturated carbocycles. The molecule has 3 aromatic carbocycles. The van der Waals surface area contributed by atoms with Crippen molar-refractivity contribution in [1.82, 2.24) is 5.32 Å². The SMILES string of the molecule is Cc1ccc(NS(=O)(=O)c2ccc(C)c(C(=O)NCCc3ccc4c(c3)OCCO4)c2)cc1. The first kappa shape index (κ1) is 22.7. The van der Waals surface area contributed by atoms with E-state index in [4.69, 9.17) is 9.47 Å². The molecule has 0 bridgehead atoms. The van der Waals surface area contributed by atoms with Crippen LogP contribution in [0.3, 0.4) is 0 Å². The third kappa shape index (κ3) is 5.46. The molecule has 1 aliphatic rings. The summed E-state index contributed by atoms with van der Waals surface area (Å²) in [6, 6.07) is 17.3. The molecule has 0 aliphatic carbocycles. The smallest absolute Gasteiger partial charge is 0.261 e. The number of hydrogen-bond acceptors (Lipinski definition) is 5. The van der Waals surface area contributed by atoms with Gasteiger partial charge < -0.3 is 14.8 Å². The quantitative estimate of drug-likeness (QED) is 0.552. The van der Waals surface area contributed by atoms with Crippen molar-refractivity contribution in [2.45, 2.75) is 25.2 Å². The molecular formula is C25H26N2O5S. The lowest BCUT2D eigenvalue weighted by Gasteiger charge is -2.19. The Morgan fingerprint density at radius 3 is 2.39 bits per heavy atom. The predicted octanol–water partition coefficient (Wildman–Crippen LogP) is 3.85. The Hall–Kier alpha value is -3.52. The minimum Gasteiger partial charge on any atom is -0.486 e. The lowest BCUT2D eigenvalue weighted by atomic mass is 10.1. The Bertz CT molecular complexity index is 1270. The number of ether oxygens (including phenoxy) is 2. The van der Waals surface area contributed by atoms with Crippen LogP contribution in [0.15, 0.2) is 65.6 Å². The van der Waals surface area contributed by atoms with Crippen LogP contribution >= 0.6 is 0 Å². The van der Waals surface area contributed by atoms with Crippen molar-refractivity contribution in [2.75, 3.05) is 24.5 Å². The van der Waals surface area contributed by atoms with Crippen molar-refractivity contribution >= 4 is 21.6 Å². The number of carbonyl (C=O) groups is 1. The van der Waals surface area contributed by atoms with E-state index < -0.39 is 10.0 Å². The number of carbonyl (C=O) groups excluding carboxylic acids is 1. The molecule has 172 valence electrons. The highest BCUT2D eigenvalue weighted by molar-refractivity contribution is 7.92. The fourth-order valence-corrected chi connectivity index (χ4v) is 4.59. The lowest BCUT2D eigenvalue weighted by molar-refractivity contribution is 0.0953. The molecule has 0 aromatic heterocycles. The van der Waals surface area contributed by atoms with Gasteiger partial charge in [-0.3, -0.25) is 9.52 Å². The summed E-state index contributed by atoms with van der Waals surface area (Å²) in [5.74, 6) is 1.11. The van der Waals surface area contributed by atoms with Crippen LogP contribution in [0.2, 0.25) is 0 Å². The Morgan fingerprint density at radius 2 is 1.64 bits per heavy atom. The van der Waals surface area contributed by atoms with Gasteiger partial charge in [-0.25, -0.2) is 8.42 Å².